The Morgan fingerprint density at radius 1 is 1.08 bits per heavy atom. The third-order valence-electron chi connectivity index (χ3n) is 8.59. The topological polar surface area (TPSA) is 168 Å². The number of pyridine rings is 1. The van der Waals surface area contributed by atoms with Gasteiger partial charge in [0.2, 0.25) is 5.56 Å². The lowest BCUT2D eigenvalue weighted by Gasteiger charge is -2.25. The minimum Gasteiger partial charge on any atom is -0.487 e. The Bertz CT molecular complexity index is 2090. The number of carboxylic acids is 1. The SMILES string of the molecule is CC[C@@H]1CN(Cc2cc(C(CC(=O)O)c3ccc4c(nnn4C)c3C)ccc2C)Cc2[nH]c(=O)ccc2O1.O=S(=O)(O)c1ccccc1. The first-order valence-corrected chi connectivity index (χ1v) is 17.0. The second-order valence-electron chi connectivity index (χ2n) is 12.0. The van der Waals surface area contributed by atoms with Crippen molar-refractivity contribution in [2.24, 2.45) is 7.05 Å². The predicted octanol–water partition coefficient (Wildman–Crippen LogP) is 4.99. The number of hydrogen-bond donors (Lipinski definition) is 3. The van der Waals surface area contributed by atoms with Gasteiger partial charge in [0.05, 0.1) is 22.5 Å². The minimum atomic E-state index is -4.00. The number of H-pyrrole nitrogens is 1. The van der Waals surface area contributed by atoms with Crippen molar-refractivity contribution in [1.29, 1.82) is 0 Å². The molecule has 13 heteroatoms. The van der Waals surface area contributed by atoms with E-state index in [1.54, 1.807) is 28.9 Å². The Morgan fingerprint density at radius 2 is 1.83 bits per heavy atom. The van der Waals surface area contributed by atoms with E-state index in [0.717, 1.165) is 63.3 Å². The van der Waals surface area contributed by atoms with Gasteiger partial charge in [-0.2, -0.15) is 8.42 Å². The number of rotatable bonds is 8. The molecular formula is C35H39N5O7S. The van der Waals surface area contributed by atoms with Crippen molar-refractivity contribution in [3.63, 3.8) is 0 Å². The van der Waals surface area contributed by atoms with Gasteiger partial charge in [0.25, 0.3) is 10.1 Å². The first-order chi connectivity index (χ1) is 22.8. The predicted molar refractivity (Wildman–Crippen MR) is 181 cm³/mol. The molecule has 0 aliphatic carbocycles. The Kier molecular flexibility index (Phi) is 10.4. The van der Waals surface area contributed by atoms with Gasteiger partial charge in [0.15, 0.2) is 0 Å². The average Bonchev–Trinajstić information content (AvgIpc) is 3.33. The molecule has 0 radical (unpaired) electrons. The zero-order valence-electron chi connectivity index (χ0n) is 27.3. The lowest BCUT2D eigenvalue weighted by atomic mass is 9.84. The number of aromatic nitrogens is 4. The van der Waals surface area contributed by atoms with Crippen LogP contribution in [0.5, 0.6) is 5.75 Å². The molecule has 48 heavy (non-hydrogen) atoms. The molecule has 0 saturated carbocycles. The lowest BCUT2D eigenvalue weighted by Crippen LogP contribution is -2.32. The van der Waals surface area contributed by atoms with E-state index in [1.807, 2.05) is 32.2 Å². The van der Waals surface area contributed by atoms with Gasteiger partial charge >= 0.3 is 5.97 Å². The number of carbonyl (C=O) groups is 1. The Balaban J connectivity index is 0.000000387. The molecule has 252 valence electrons. The van der Waals surface area contributed by atoms with Gasteiger partial charge in [-0.1, -0.05) is 54.6 Å². The fraction of sp³-hybridized carbons (Fsp3) is 0.314. The number of carboxylic acid groups (broad SMARTS) is 1. The van der Waals surface area contributed by atoms with E-state index in [4.69, 9.17) is 9.29 Å². The van der Waals surface area contributed by atoms with Gasteiger partial charge in [-0.15, -0.1) is 5.10 Å². The van der Waals surface area contributed by atoms with Crippen LogP contribution in [0.15, 0.2) is 82.5 Å². The number of fused-ring (bicyclic) bond motifs is 2. The van der Waals surface area contributed by atoms with Crippen LogP contribution < -0.4 is 10.3 Å². The molecule has 0 amide bonds. The molecule has 2 atom stereocenters. The largest absolute Gasteiger partial charge is 0.487 e. The Hall–Kier alpha value is -4.85. The van der Waals surface area contributed by atoms with Gasteiger partial charge in [0.1, 0.15) is 17.4 Å². The van der Waals surface area contributed by atoms with Gasteiger partial charge < -0.3 is 14.8 Å². The van der Waals surface area contributed by atoms with Crippen LogP contribution in [0.4, 0.5) is 0 Å². The molecule has 0 saturated heterocycles. The third-order valence-corrected chi connectivity index (χ3v) is 9.46. The van der Waals surface area contributed by atoms with Crippen molar-refractivity contribution in [3.8, 4) is 5.75 Å². The molecule has 5 aromatic rings. The zero-order valence-corrected chi connectivity index (χ0v) is 28.1. The molecule has 12 nitrogen and oxygen atoms in total. The summed E-state index contributed by atoms with van der Waals surface area (Å²) in [5, 5.41) is 18.3. The van der Waals surface area contributed by atoms with E-state index in [0.29, 0.717) is 13.1 Å². The monoisotopic (exact) mass is 673 g/mol. The maximum Gasteiger partial charge on any atom is 0.304 e. The van der Waals surface area contributed by atoms with Crippen LogP contribution in [-0.2, 0) is 35.0 Å². The van der Waals surface area contributed by atoms with Crippen LogP contribution >= 0.6 is 0 Å². The molecule has 0 fully saturated rings. The first kappa shape index (κ1) is 34.5. The summed E-state index contributed by atoms with van der Waals surface area (Å²) in [6.45, 7) is 8.08. The number of nitrogens with one attached hydrogen (secondary N) is 1. The zero-order chi connectivity index (χ0) is 34.6. The smallest absolute Gasteiger partial charge is 0.304 e. The quantitative estimate of drug-likeness (QED) is 0.191. The molecule has 1 aliphatic heterocycles. The fourth-order valence-electron chi connectivity index (χ4n) is 5.98. The molecule has 2 aromatic heterocycles. The van der Waals surface area contributed by atoms with Crippen LogP contribution in [0.2, 0.25) is 0 Å². The third kappa shape index (κ3) is 7.98. The summed E-state index contributed by atoms with van der Waals surface area (Å²) in [7, 11) is -2.16. The van der Waals surface area contributed by atoms with Gasteiger partial charge in [-0.05, 0) is 72.4 Å². The highest BCUT2D eigenvalue weighted by atomic mass is 32.2. The van der Waals surface area contributed by atoms with Crippen molar-refractivity contribution < 1.29 is 27.6 Å². The summed E-state index contributed by atoms with van der Waals surface area (Å²) < 4.78 is 37.1. The maximum atomic E-state index is 12.0. The normalized spacial score (nSPS) is 15.5. The van der Waals surface area contributed by atoms with E-state index >= 15 is 0 Å². The van der Waals surface area contributed by atoms with Crippen LogP contribution in [-0.4, -0.2) is 61.6 Å². The van der Waals surface area contributed by atoms with E-state index < -0.39 is 16.1 Å². The van der Waals surface area contributed by atoms with Crippen molar-refractivity contribution in [3.05, 3.63) is 117 Å². The van der Waals surface area contributed by atoms with Crippen LogP contribution in [0.1, 0.15) is 59.2 Å². The molecule has 3 heterocycles. The van der Waals surface area contributed by atoms with Crippen molar-refractivity contribution in [2.75, 3.05) is 6.54 Å². The summed E-state index contributed by atoms with van der Waals surface area (Å²) in [6, 6.07) is 20.9. The molecular weight excluding hydrogens is 634 g/mol. The number of aromatic amines is 1. The Labute approximate surface area is 278 Å². The maximum absolute atomic E-state index is 12.0. The van der Waals surface area contributed by atoms with Crippen LogP contribution in [0, 0.1) is 13.8 Å². The summed E-state index contributed by atoms with van der Waals surface area (Å²) >= 11 is 0. The van der Waals surface area contributed by atoms with E-state index in [-0.39, 0.29) is 28.9 Å². The first-order valence-electron chi connectivity index (χ1n) is 15.6. The number of nitrogens with zero attached hydrogens (tertiary/aromatic N) is 4. The number of hydrogen-bond acceptors (Lipinski definition) is 8. The van der Waals surface area contributed by atoms with Crippen molar-refractivity contribution in [1.82, 2.24) is 24.9 Å². The van der Waals surface area contributed by atoms with Gasteiger partial charge in [-0.3, -0.25) is 19.0 Å². The standard InChI is InChI=1S/C29H33N5O4.C6H6O3S/c1-5-21-15-34(16-24-26(38-21)10-11-27(35)30-24)14-20-12-19(7-6-17(20)2)23(13-28(36)37)22-8-9-25-29(18(22)3)31-32-33(25)4;7-10(8,9)6-4-2-1-3-5-6/h6-12,21,23H,5,13-16H2,1-4H3,(H,30,35)(H,36,37);1-5H,(H,7,8,9)/t21-,23?;/m1./s1. The lowest BCUT2D eigenvalue weighted by molar-refractivity contribution is -0.137. The van der Waals surface area contributed by atoms with E-state index in [9.17, 15) is 23.1 Å². The summed E-state index contributed by atoms with van der Waals surface area (Å²) in [6.07, 6.45) is 0.824. The van der Waals surface area contributed by atoms with E-state index in [1.165, 1.54) is 18.2 Å². The van der Waals surface area contributed by atoms with Crippen molar-refractivity contribution >= 4 is 27.1 Å². The number of ether oxygens (including phenoxy) is 1. The van der Waals surface area contributed by atoms with Crippen molar-refractivity contribution in [2.45, 2.75) is 63.6 Å². The highest BCUT2D eigenvalue weighted by Gasteiger charge is 2.25. The molecule has 3 N–H and O–H groups in total. The second-order valence-corrected chi connectivity index (χ2v) is 13.4. The summed E-state index contributed by atoms with van der Waals surface area (Å²) in [4.78, 5) is 29.1. The molecule has 0 spiro atoms. The highest BCUT2D eigenvalue weighted by molar-refractivity contribution is 7.85. The number of aryl methyl sites for hydroxylation is 3. The molecule has 3 aromatic carbocycles. The van der Waals surface area contributed by atoms with Crippen LogP contribution in [0.3, 0.4) is 0 Å². The second kappa shape index (κ2) is 14.5. The highest BCUT2D eigenvalue weighted by Crippen LogP contribution is 2.35. The fourth-order valence-corrected chi connectivity index (χ4v) is 6.48. The van der Waals surface area contributed by atoms with Crippen LogP contribution in [0.25, 0.3) is 11.0 Å². The number of aliphatic carboxylic acids is 1. The number of benzene rings is 3. The van der Waals surface area contributed by atoms with E-state index in [2.05, 4.69) is 46.2 Å². The van der Waals surface area contributed by atoms with Gasteiger partial charge in [0, 0.05) is 38.7 Å². The minimum absolute atomic E-state index is 0.00626. The molecule has 1 unspecified atom stereocenters. The molecule has 0 bridgehead atoms. The summed E-state index contributed by atoms with van der Waals surface area (Å²) in [5.74, 6) is -0.459. The molecule has 6 rings (SSSR count). The summed E-state index contributed by atoms with van der Waals surface area (Å²) in [5.41, 5.74) is 7.41. The Morgan fingerprint density at radius 3 is 2.50 bits per heavy atom. The molecule has 1 aliphatic rings. The average molecular weight is 674 g/mol. The van der Waals surface area contributed by atoms with Gasteiger partial charge in [-0.25, -0.2) is 4.68 Å².